The van der Waals surface area contributed by atoms with Gasteiger partial charge in [-0.25, -0.2) is 18.1 Å². The van der Waals surface area contributed by atoms with Gasteiger partial charge in [0, 0.05) is 28.7 Å². The molecule has 0 saturated carbocycles. The van der Waals surface area contributed by atoms with Crippen molar-refractivity contribution in [2.24, 2.45) is 0 Å². The molecule has 0 spiro atoms. The van der Waals surface area contributed by atoms with Gasteiger partial charge in [-0.3, -0.25) is 9.78 Å². The van der Waals surface area contributed by atoms with Crippen LogP contribution in [0.1, 0.15) is 21.8 Å². The van der Waals surface area contributed by atoms with Gasteiger partial charge in [-0.1, -0.05) is 0 Å². The van der Waals surface area contributed by atoms with Gasteiger partial charge >= 0.3 is 0 Å². The number of hydrogen-bond acceptors (Lipinski definition) is 7. The normalized spacial score (nSPS) is 11.4. The van der Waals surface area contributed by atoms with E-state index in [-0.39, 0.29) is 11.3 Å². The lowest BCUT2D eigenvalue weighted by Crippen LogP contribution is -2.32. The zero-order chi connectivity index (χ0) is 18.0. The quantitative estimate of drug-likeness (QED) is 0.737. The Balaban J connectivity index is 1.91. The standard InChI is InChI=1S/C16H15N3O5S/c1-10-14(18-9-24-10)8-25(21,22)19-16(20)12-3-4-15(23-2)11-5-6-17-7-13(11)12/h3-7,9H,8H2,1-2H3,(H,19,20). The van der Waals surface area contributed by atoms with E-state index in [0.717, 1.165) is 6.39 Å². The van der Waals surface area contributed by atoms with Crippen LogP contribution in [0.3, 0.4) is 0 Å². The minimum absolute atomic E-state index is 0.185. The highest BCUT2D eigenvalue weighted by Gasteiger charge is 2.21. The number of nitrogens with one attached hydrogen (secondary N) is 1. The van der Waals surface area contributed by atoms with E-state index in [9.17, 15) is 13.2 Å². The highest BCUT2D eigenvalue weighted by Crippen LogP contribution is 2.27. The SMILES string of the molecule is COc1ccc(C(=O)NS(=O)(=O)Cc2ncoc2C)c2cnccc12. The summed E-state index contributed by atoms with van der Waals surface area (Å²) in [5, 5.41) is 1.15. The number of rotatable bonds is 5. The third kappa shape index (κ3) is 3.45. The second kappa shape index (κ2) is 6.52. The topological polar surface area (TPSA) is 111 Å². The number of hydrogen-bond donors (Lipinski definition) is 1. The van der Waals surface area contributed by atoms with Crippen LogP contribution in [0.5, 0.6) is 5.75 Å². The first kappa shape index (κ1) is 16.9. The Kier molecular flexibility index (Phi) is 4.41. The lowest BCUT2D eigenvalue weighted by Gasteiger charge is -2.10. The van der Waals surface area contributed by atoms with Crippen LogP contribution in [0.25, 0.3) is 10.8 Å². The molecule has 0 bridgehead atoms. The molecule has 0 atom stereocenters. The van der Waals surface area contributed by atoms with Gasteiger partial charge in [-0.15, -0.1) is 0 Å². The van der Waals surface area contributed by atoms with Crippen LogP contribution in [-0.2, 0) is 15.8 Å². The molecular weight excluding hydrogens is 346 g/mol. The van der Waals surface area contributed by atoms with Crippen LogP contribution < -0.4 is 9.46 Å². The van der Waals surface area contributed by atoms with Crippen molar-refractivity contribution in [3.05, 3.63) is 54.0 Å². The molecule has 130 valence electrons. The van der Waals surface area contributed by atoms with Crippen LogP contribution in [0.15, 0.2) is 41.4 Å². The maximum absolute atomic E-state index is 12.5. The van der Waals surface area contributed by atoms with Gasteiger partial charge in [0.05, 0.1) is 12.8 Å². The minimum Gasteiger partial charge on any atom is -0.496 e. The number of pyridine rings is 1. The fourth-order valence-electron chi connectivity index (χ4n) is 2.42. The van der Waals surface area contributed by atoms with Crippen molar-refractivity contribution in [3.63, 3.8) is 0 Å². The van der Waals surface area contributed by atoms with Crippen molar-refractivity contribution in [3.8, 4) is 5.75 Å². The fraction of sp³-hybridized carbons (Fsp3) is 0.188. The summed E-state index contributed by atoms with van der Waals surface area (Å²) in [6.07, 6.45) is 4.21. The Bertz CT molecular complexity index is 1040. The zero-order valence-corrected chi connectivity index (χ0v) is 14.3. The van der Waals surface area contributed by atoms with Crippen LogP contribution in [0.4, 0.5) is 0 Å². The first-order chi connectivity index (χ1) is 11.9. The second-order valence-electron chi connectivity index (χ2n) is 5.28. The molecular formula is C16H15N3O5S. The fourth-order valence-corrected chi connectivity index (χ4v) is 3.52. The molecule has 0 aliphatic carbocycles. The number of carbonyl (C=O) groups excluding carboxylic acids is 1. The molecule has 1 N–H and O–H groups in total. The van der Waals surface area contributed by atoms with E-state index in [1.165, 1.54) is 19.4 Å². The van der Waals surface area contributed by atoms with Crippen LogP contribution in [-0.4, -0.2) is 31.4 Å². The minimum atomic E-state index is -3.93. The van der Waals surface area contributed by atoms with Crippen molar-refractivity contribution in [2.45, 2.75) is 12.7 Å². The summed E-state index contributed by atoms with van der Waals surface area (Å²) < 4.78 is 36.8. The van der Waals surface area contributed by atoms with Crippen LogP contribution in [0, 0.1) is 6.92 Å². The molecule has 1 aromatic carbocycles. The van der Waals surface area contributed by atoms with Crippen molar-refractivity contribution in [1.29, 1.82) is 0 Å². The predicted octanol–water partition coefficient (Wildman–Crippen LogP) is 1.80. The first-order valence-corrected chi connectivity index (χ1v) is 8.91. The number of carbonyl (C=O) groups is 1. The smallest absolute Gasteiger partial charge is 0.265 e. The van der Waals surface area contributed by atoms with Crippen molar-refractivity contribution >= 4 is 26.7 Å². The molecule has 8 nitrogen and oxygen atoms in total. The maximum atomic E-state index is 12.5. The zero-order valence-electron chi connectivity index (χ0n) is 13.5. The number of nitrogens with zero attached hydrogens (tertiary/aromatic N) is 2. The molecule has 0 radical (unpaired) electrons. The lowest BCUT2D eigenvalue weighted by molar-refractivity contribution is 0.0983. The number of methoxy groups -OCH3 is 1. The summed E-state index contributed by atoms with van der Waals surface area (Å²) >= 11 is 0. The second-order valence-corrected chi connectivity index (χ2v) is 7.00. The van der Waals surface area contributed by atoms with Gasteiger partial charge in [0.25, 0.3) is 5.91 Å². The number of aryl methyl sites for hydroxylation is 1. The van der Waals surface area contributed by atoms with Gasteiger partial charge in [0.1, 0.15) is 17.3 Å². The summed E-state index contributed by atoms with van der Waals surface area (Å²) in [6.45, 7) is 1.60. The average Bonchev–Trinajstić information content (AvgIpc) is 2.97. The van der Waals surface area contributed by atoms with E-state index in [0.29, 0.717) is 22.3 Å². The Morgan fingerprint density at radius 2 is 2.08 bits per heavy atom. The van der Waals surface area contributed by atoms with Crippen LogP contribution >= 0.6 is 0 Å². The van der Waals surface area contributed by atoms with E-state index in [1.807, 2.05) is 0 Å². The number of sulfonamides is 1. The largest absolute Gasteiger partial charge is 0.496 e. The number of oxazole rings is 1. The Labute approximate surface area is 143 Å². The van der Waals surface area contributed by atoms with Gasteiger partial charge in [0.15, 0.2) is 6.39 Å². The van der Waals surface area contributed by atoms with E-state index < -0.39 is 21.7 Å². The Morgan fingerprint density at radius 1 is 1.28 bits per heavy atom. The summed E-state index contributed by atoms with van der Waals surface area (Å²) in [5.41, 5.74) is 0.436. The monoisotopic (exact) mass is 361 g/mol. The van der Waals surface area contributed by atoms with Gasteiger partial charge in [-0.05, 0) is 25.1 Å². The predicted molar refractivity (Wildman–Crippen MR) is 89.6 cm³/mol. The molecule has 0 aliphatic heterocycles. The van der Waals surface area contributed by atoms with Gasteiger partial charge < -0.3 is 9.15 Å². The molecule has 0 unspecified atom stereocenters. The third-order valence-corrected chi connectivity index (χ3v) is 4.81. The lowest BCUT2D eigenvalue weighted by atomic mass is 10.1. The van der Waals surface area contributed by atoms with E-state index in [2.05, 4.69) is 14.7 Å². The maximum Gasteiger partial charge on any atom is 0.265 e. The Morgan fingerprint density at radius 3 is 2.76 bits per heavy atom. The first-order valence-electron chi connectivity index (χ1n) is 7.26. The summed E-state index contributed by atoms with van der Waals surface area (Å²) in [6, 6.07) is 4.79. The number of amides is 1. The third-order valence-electron chi connectivity index (χ3n) is 3.66. The number of benzene rings is 1. The highest BCUT2D eigenvalue weighted by atomic mass is 32.2. The molecule has 0 fully saturated rings. The van der Waals surface area contributed by atoms with Gasteiger partial charge in [0.2, 0.25) is 10.0 Å². The highest BCUT2D eigenvalue weighted by molar-refractivity contribution is 7.89. The molecule has 3 aromatic rings. The molecule has 25 heavy (non-hydrogen) atoms. The van der Waals surface area contributed by atoms with Crippen molar-refractivity contribution in [1.82, 2.24) is 14.7 Å². The number of fused-ring (bicyclic) bond motifs is 1. The summed E-state index contributed by atoms with van der Waals surface area (Å²) in [4.78, 5) is 20.3. The number of aromatic nitrogens is 2. The molecule has 2 aromatic heterocycles. The molecule has 3 rings (SSSR count). The van der Waals surface area contributed by atoms with Crippen molar-refractivity contribution < 1.29 is 22.4 Å². The van der Waals surface area contributed by atoms with E-state index in [4.69, 9.17) is 9.15 Å². The molecule has 1 amide bonds. The van der Waals surface area contributed by atoms with E-state index >= 15 is 0 Å². The van der Waals surface area contributed by atoms with Gasteiger partial charge in [-0.2, -0.15) is 0 Å². The molecule has 0 aliphatic rings. The molecule has 9 heteroatoms. The summed E-state index contributed by atoms with van der Waals surface area (Å²) in [5.74, 6) is -0.248. The van der Waals surface area contributed by atoms with Crippen molar-refractivity contribution in [2.75, 3.05) is 7.11 Å². The summed E-state index contributed by atoms with van der Waals surface area (Å²) in [7, 11) is -2.42. The van der Waals surface area contributed by atoms with Crippen LogP contribution in [0.2, 0.25) is 0 Å². The molecule has 2 heterocycles. The average molecular weight is 361 g/mol. The number of ether oxygens (including phenoxy) is 1. The van der Waals surface area contributed by atoms with E-state index in [1.54, 1.807) is 25.3 Å². The molecule has 0 saturated heterocycles. The Hall–Kier alpha value is -2.94.